The number of nitrogens with one attached hydrogen (secondary N) is 2. The normalized spacial score (nSPS) is 11.3. The summed E-state index contributed by atoms with van der Waals surface area (Å²) in [5, 5.41) is 11.5. The highest BCUT2D eigenvalue weighted by Gasteiger charge is 2.08. The number of rotatable bonds is 1. The highest BCUT2D eigenvalue weighted by molar-refractivity contribution is 5.85. The molecule has 4 rings (SSSR count). The minimum Gasteiger partial charge on any atom is -0.352 e. The average Bonchev–Trinajstić information content (AvgIpc) is 3.04. The molecule has 3 heterocycles. The molecule has 0 saturated heterocycles. The second-order valence-corrected chi connectivity index (χ2v) is 4.00. The molecule has 0 aliphatic heterocycles. The Labute approximate surface area is 101 Å². The van der Waals surface area contributed by atoms with Crippen LogP contribution in [0.25, 0.3) is 33.6 Å². The van der Waals surface area contributed by atoms with Crippen LogP contribution in [0, 0.1) is 0 Å². The molecule has 6 nitrogen and oxygen atoms in total. The summed E-state index contributed by atoms with van der Waals surface area (Å²) in [6, 6.07) is 10.1. The van der Waals surface area contributed by atoms with Gasteiger partial charge in [-0.25, -0.2) is 9.97 Å². The fourth-order valence-corrected chi connectivity index (χ4v) is 1.98. The van der Waals surface area contributed by atoms with Gasteiger partial charge in [0, 0.05) is 10.9 Å². The van der Waals surface area contributed by atoms with Gasteiger partial charge in [-0.05, 0) is 12.1 Å². The summed E-state index contributed by atoms with van der Waals surface area (Å²) in [6.07, 6.45) is 1.66. The standard InChI is InChI=1S/C12H8N6/c1-2-4-8-7(3-1)5-9(14-8)11-13-6-10-12(15-11)17-18-16-10/h1-6,14H,(H,13,15,16,17,18). The van der Waals surface area contributed by atoms with Gasteiger partial charge >= 0.3 is 0 Å². The van der Waals surface area contributed by atoms with E-state index in [4.69, 9.17) is 0 Å². The molecule has 0 bridgehead atoms. The summed E-state index contributed by atoms with van der Waals surface area (Å²) >= 11 is 0. The lowest BCUT2D eigenvalue weighted by atomic mass is 10.2. The lowest BCUT2D eigenvalue weighted by Crippen LogP contribution is -1.89. The molecule has 0 aliphatic rings. The van der Waals surface area contributed by atoms with Crippen molar-refractivity contribution in [2.24, 2.45) is 0 Å². The zero-order chi connectivity index (χ0) is 11.9. The zero-order valence-electron chi connectivity index (χ0n) is 9.25. The molecule has 4 aromatic rings. The van der Waals surface area contributed by atoms with Crippen LogP contribution in [0.2, 0.25) is 0 Å². The third kappa shape index (κ3) is 1.29. The molecule has 0 radical (unpaired) electrons. The maximum absolute atomic E-state index is 4.35. The molecule has 6 heteroatoms. The van der Waals surface area contributed by atoms with Crippen LogP contribution in [0.4, 0.5) is 0 Å². The number of fused-ring (bicyclic) bond motifs is 2. The van der Waals surface area contributed by atoms with E-state index < -0.39 is 0 Å². The van der Waals surface area contributed by atoms with Crippen molar-refractivity contribution in [1.82, 2.24) is 30.4 Å². The van der Waals surface area contributed by atoms with Crippen LogP contribution in [0.5, 0.6) is 0 Å². The van der Waals surface area contributed by atoms with Crippen molar-refractivity contribution in [1.29, 1.82) is 0 Å². The van der Waals surface area contributed by atoms with Gasteiger partial charge in [-0.1, -0.05) is 18.2 Å². The van der Waals surface area contributed by atoms with Crippen LogP contribution in [0.1, 0.15) is 0 Å². The smallest absolute Gasteiger partial charge is 0.205 e. The number of nitrogens with zero attached hydrogens (tertiary/aromatic N) is 4. The molecule has 0 unspecified atom stereocenters. The molecule has 86 valence electrons. The van der Waals surface area contributed by atoms with Gasteiger partial charge in [-0.2, -0.15) is 10.3 Å². The molecule has 2 N–H and O–H groups in total. The monoisotopic (exact) mass is 236 g/mol. The number of hydrogen-bond donors (Lipinski definition) is 2. The minimum atomic E-state index is 0.568. The number of H-pyrrole nitrogens is 2. The van der Waals surface area contributed by atoms with E-state index in [2.05, 4.69) is 30.4 Å². The molecular formula is C12H8N6. The van der Waals surface area contributed by atoms with E-state index in [0.717, 1.165) is 16.6 Å². The van der Waals surface area contributed by atoms with Gasteiger partial charge in [0.2, 0.25) is 5.65 Å². The Kier molecular flexibility index (Phi) is 1.74. The largest absolute Gasteiger partial charge is 0.352 e. The van der Waals surface area contributed by atoms with Gasteiger partial charge in [0.05, 0.1) is 11.9 Å². The lowest BCUT2D eigenvalue weighted by molar-refractivity contribution is 0.954. The van der Waals surface area contributed by atoms with Gasteiger partial charge in [0.1, 0.15) is 5.52 Å². The lowest BCUT2D eigenvalue weighted by Gasteiger charge is -1.94. The van der Waals surface area contributed by atoms with E-state index in [9.17, 15) is 0 Å². The first-order valence-corrected chi connectivity index (χ1v) is 5.52. The topological polar surface area (TPSA) is 83.1 Å². The van der Waals surface area contributed by atoms with Crippen molar-refractivity contribution in [2.75, 3.05) is 0 Å². The molecule has 18 heavy (non-hydrogen) atoms. The van der Waals surface area contributed by atoms with Crippen molar-refractivity contribution in [3.8, 4) is 11.5 Å². The van der Waals surface area contributed by atoms with Gasteiger partial charge in [0.25, 0.3) is 0 Å². The Morgan fingerprint density at radius 2 is 2.00 bits per heavy atom. The van der Waals surface area contributed by atoms with E-state index >= 15 is 0 Å². The molecule has 0 atom stereocenters. The minimum absolute atomic E-state index is 0.568. The fourth-order valence-electron chi connectivity index (χ4n) is 1.98. The van der Waals surface area contributed by atoms with Crippen LogP contribution in [0.3, 0.4) is 0 Å². The Morgan fingerprint density at radius 3 is 2.94 bits per heavy atom. The highest BCUT2D eigenvalue weighted by Crippen LogP contribution is 2.21. The maximum Gasteiger partial charge on any atom is 0.205 e. The second kappa shape index (κ2) is 3.36. The van der Waals surface area contributed by atoms with Crippen molar-refractivity contribution >= 4 is 22.1 Å². The van der Waals surface area contributed by atoms with Crippen LogP contribution in [-0.2, 0) is 0 Å². The number of benzene rings is 1. The quantitative estimate of drug-likeness (QED) is 0.528. The predicted octanol–water partition coefficient (Wildman–Crippen LogP) is 1.90. The summed E-state index contributed by atoms with van der Waals surface area (Å²) in [7, 11) is 0. The van der Waals surface area contributed by atoms with Gasteiger partial charge in [-0.3, -0.25) is 0 Å². The van der Waals surface area contributed by atoms with Crippen LogP contribution < -0.4 is 0 Å². The van der Waals surface area contributed by atoms with Crippen LogP contribution >= 0.6 is 0 Å². The molecule has 0 saturated carbocycles. The van der Waals surface area contributed by atoms with Crippen molar-refractivity contribution in [2.45, 2.75) is 0 Å². The first kappa shape index (κ1) is 9.29. The summed E-state index contributed by atoms with van der Waals surface area (Å²) in [4.78, 5) is 11.9. The van der Waals surface area contributed by atoms with Crippen LogP contribution in [0.15, 0.2) is 36.5 Å². The Bertz CT molecular complexity index is 811. The fraction of sp³-hybridized carbons (Fsp3) is 0. The Morgan fingerprint density at radius 1 is 1.06 bits per heavy atom. The summed E-state index contributed by atoms with van der Waals surface area (Å²) in [6.45, 7) is 0. The molecule has 0 aliphatic carbocycles. The molecule has 0 amide bonds. The molecule has 3 aromatic heterocycles. The summed E-state index contributed by atoms with van der Waals surface area (Å²) in [5.41, 5.74) is 3.17. The average molecular weight is 236 g/mol. The predicted molar refractivity (Wildman–Crippen MR) is 66.8 cm³/mol. The van der Waals surface area contributed by atoms with E-state index in [1.165, 1.54) is 0 Å². The first-order chi connectivity index (χ1) is 8.90. The van der Waals surface area contributed by atoms with Crippen molar-refractivity contribution in [3.63, 3.8) is 0 Å². The molecule has 0 spiro atoms. The van der Waals surface area contributed by atoms with Crippen LogP contribution in [-0.4, -0.2) is 30.4 Å². The van der Waals surface area contributed by atoms with E-state index in [1.807, 2.05) is 30.3 Å². The molecular weight excluding hydrogens is 228 g/mol. The summed E-state index contributed by atoms with van der Waals surface area (Å²) < 4.78 is 0. The first-order valence-electron chi connectivity index (χ1n) is 5.52. The van der Waals surface area contributed by atoms with Gasteiger partial charge < -0.3 is 4.98 Å². The highest BCUT2D eigenvalue weighted by atomic mass is 15.3. The van der Waals surface area contributed by atoms with E-state index in [0.29, 0.717) is 17.0 Å². The maximum atomic E-state index is 4.35. The SMILES string of the molecule is c1ccc2[nH]c(-c3ncc4n[nH]nc4n3)cc2c1. The Hall–Kier alpha value is -2.76. The zero-order valence-corrected chi connectivity index (χ0v) is 9.25. The number of hydrogen-bond acceptors (Lipinski definition) is 4. The number of aromatic amines is 2. The van der Waals surface area contributed by atoms with Gasteiger partial charge in [0.15, 0.2) is 5.82 Å². The van der Waals surface area contributed by atoms with Crippen molar-refractivity contribution in [3.05, 3.63) is 36.5 Å². The number of aromatic nitrogens is 6. The molecule has 1 aromatic carbocycles. The Balaban J connectivity index is 1.94. The summed E-state index contributed by atoms with van der Waals surface area (Å²) in [5.74, 6) is 0.618. The third-order valence-corrected chi connectivity index (χ3v) is 2.85. The molecule has 0 fully saturated rings. The third-order valence-electron chi connectivity index (χ3n) is 2.85. The van der Waals surface area contributed by atoms with Gasteiger partial charge in [-0.15, -0.1) is 5.10 Å². The van der Waals surface area contributed by atoms with E-state index in [-0.39, 0.29) is 0 Å². The number of para-hydroxylation sites is 1. The van der Waals surface area contributed by atoms with E-state index in [1.54, 1.807) is 6.20 Å². The second-order valence-electron chi connectivity index (χ2n) is 4.00. The van der Waals surface area contributed by atoms with Crippen molar-refractivity contribution < 1.29 is 0 Å².